The van der Waals surface area contributed by atoms with Crippen molar-refractivity contribution in [1.29, 1.82) is 0 Å². The minimum absolute atomic E-state index is 0.0928. The Bertz CT molecular complexity index is 1060. The predicted molar refractivity (Wildman–Crippen MR) is 87.8 cm³/mol. The second-order valence-corrected chi connectivity index (χ2v) is 5.59. The maximum absolute atomic E-state index is 11.6. The molecule has 1 unspecified atom stereocenters. The number of nitrogen functional groups attached to an aromatic ring is 1. The monoisotopic (exact) mass is 341 g/mol. The Morgan fingerprint density at radius 1 is 1.40 bits per heavy atom. The zero-order chi connectivity index (χ0) is 17.6. The summed E-state index contributed by atoms with van der Waals surface area (Å²) in [6.45, 7) is 1.91. The summed E-state index contributed by atoms with van der Waals surface area (Å²) in [6, 6.07) is 2.66. The van der Waals surface area contributed by atoms with Crippen molar-refractivity contribution < 1.29 is 14.3 Å². The van der Waals surface area contributed by atoms with E-state index in [9.17, 15) is 9.90 Å². The van der Waals surface area contributed by atoms with Crippen LogP contribution in [-0.4, -0.2) is 40.4 Å². The van der Waals surface area contributed by atoms with Gasteiger partial charge in [-0.25, -0.2) is 14.5 Å². The van der Waals surface area contributed by atoms with E-state index in [1.807, 2.05) is 6.92 Å². The molecule has 4 aromatic rings. The van der Waals surface area contributed by atoms with E-state index in [1.165, 1.54) is 21.7 Å². The molecule has 0 saturated heterocycles. The number of furan rings is 1. The first-order valence-corrected chi connectivity index (χ1v) is 7.76. The molecule has 0 fully saturated rings. The Kier molecular flexibility index (Phi) is 3.38. The standard InChI is InChI=1S/C15H15N7O3/c1-2-4-9(14(23)24)21-13-8(7-17-21)12-18-11(10-5-3-6-25-10)20-22(12)15(16)19-13/h3,5-7,9H,2,4H2,1H3,(H2,16,19)(H,23,24). The zero-order valence-electron chi connectivity index (χ0n) is 13.3. The minimum atomic E-state index is -0.968. The molecule has 0 bridgehead atoms. The summed E-state index contributed by atoms with van der Waals surface area (Å²) in [6.07, 6.45) is 4.19. The normalized spacial score (nSPS) is 12.8. The Hall–Kier alpha value is -3.43. The fourth-order valence-electron chi connectivity index (χ4n) is 2.79. The van der Waals surface area contributed by atoms with Crippen molar-refractivity contribution in [1.82, 2.24) is 29.4 Å². The first-order valence-electron chi connectivity index (χ1n) is 7.76. The van der Waals surface area contributed by atoms with E-state index in [2.05, 4.69) is 20.2 Å². The molecular formula is C15H15N7O3. The summed E-state index contributed by atoms with van der Waals surface area (Å²) in [7, 11) is 0. The molecule has 128 valence electrons. The molecule has 4 heterocycles. The van der Waals surface area contributed by atoms with Crippen LogP contribution in [-0.2, 0) is 4.79 Å². The van der Waals surface area contributed by atoms with Crippen LogP contribution in [0.2, 0.25) is 0 Å². The van der Waals surface area contributed by atoms with E-state index in [1.54, 1.807) is 12.1 Å². The molecule has 0 spiro atoms. The highest BCUT2D eigenvalue weighted by Gasteiger charge is 2.24. The molecule has 0 aromatic carbocycles. The average molecular weight is 341 g/mol. The fourth-order valence-corrected chi connectivity index (χ4v) is 2.79. The lowest BCUT2D eigenvalue weighted by atomic mass is 10.2. The van der Waals surface area contributed by atoms with E-state index < -0.39 is 12.0 Å². The Morgan fingerprint density at radius 3 is 2.92 bits per heavy atom. The van der Waals surface area contributed by atoms with Gasteiger partial charge in [-0.2, -0.15) is 14.6 Å². The molecule has 0 amide bonds. The van der Waals surface area contributed by atoms with Gasteiger partial charge in [-0.15, -0.1) is 5.10 Å². The van der Waals surface area contributed by atoms with Crippen molar-refractivity contribution >= 4 is 28.6 Å². The molecule has 4 rings (SSSR count). The number of anilines is 1. The SMILES string of the molecule is CCCC(C(=O)O)n1ncc2c1nc(N)n1nc(-c3ccco3)nc21. The zero-order valence-corrected chi connectivity index (χ0v) is 13.3. The van der Waals surface area contributed by atoms with Crippen LogP contribution in [0.3, 0.4) is 0 Å². The van der Waals surface area contributed by atoms with E-state index in [0.717, 1.165) is 0 Å². The molecule has 0 radical (unpaired) electrons. The fraction of sp³-hybridized carbons (Fsp3) is 0.267. The number of fused-ring (bicyclic) bond motifs is 3. The Labute approximate surface area is 140 Å². The van der Waals surface area contributed by atoms with Crippen LogP contribution in [0.5, 0.6) is 0 Å². The van der Waals surface area contributed by atoms with Gasteiger partial charge in [-0.1, -0.05) is 13.3 Å². The highest BCUT2D eigenvalue weighted by molar-refractivity contribution is 5.91. The van der Waals surface area contributed by atoms with Gasteiger partial charge >= 0.3 is 5.97 Å². The molecule has 0 saturated carbocycles. The molecule has 0 aliphatic heterocycles. The van der Waals surface area contributed by atoms with E-state index in [4.69, 9.17) is 10.2 Å². The number of aliphatic carboxylic acids is 1. The van der Waals surface area contributed by atoms with Crippen molar-refractivity contribution in [3.63, 3.8) is 0 Å². The number of hydrogen-bond donors (Lipinski definition) is 2. The minimum Gasteiger partial charge on any atom is -0.480 e. The number of carboxylic acid groups (broad SMARTS) is 1. The topological polar surface area (TPSA) is 137 Å². The highest BCUT2D eigenvalue weighted by atomic mass is 16.4. The van der Waals surface area contributed by atoms with E-state index in [-0.39, 0.29) is 5.95 Å². The van der Waals surface area contributed by atoms with Crippen molar-refractivity contribution in [2.24, 2.45) is 0 Å². The maximum atomic E-state index is 11.6. The van der Waals surface area contributed by atoms with Gasteiger partial charge < -0.3 is 15.3 Å². The van der Waals surface area contributed by atoms with E-state index in [0.29, 0.717) is 41.1 Å². The van der Waals surface area contributed by atoms with E-state index >= 15 is 0 Å². The number of carboxylic acids is 1. The summed E-state index contributed by atoms with van der Waals surface area (Å²) < 4.78 is 8.07. The maximum Gasteiger partial charge on any atom is 0.328 e. The van der Waals surface area contributed by atoms with Crippen LogP contribution in [0.4, 0.5) is 5.95 Å². The third-order valence-electron chi connectivity index (χ3n) is 3.94. The second kappa shape index (κ2) is 5.58. The number of nitrogens with zero attached hydrogens (tertiary/aromatic N) is 6. The van der Waals surface area contributed by atoms with Gasteiger partial charge in [0.15, 0.2) is 23.1 Å². The van der Waals surface area contributed by atoms with Crippen LogP contribution >= 0.6 is 0 Å². The van der Waals surface area contributed by atoms with Gasteiger partial charge in [0.1, 0.15) is 0 Å². The molecule has 10 heteroatoms. The molecule has 0 aliphatic rings. The van der Waals surface area contributed by atoms with Crippen molar-refractivity contribution in [2.75, 3.05) is 5.73 Å². The molecule has 25 heavy (non-hydrogen) atoms. The third-order valence-corrected chi connectivity index (χ3v) is 3.94. The third kappa shape index (κ3) is 2.30. The van der Waals surface area contributed by atoms with Gasteiger partial charge in [0, 0.05) is 0 Å². The Morgan fingerprint density at radius 2 is 2.24 bits per heavy atom. The van der Waals surface area contributed by atoms with Crippen LogP contribution < -0.4 is 5.73 Å². The number of nitrogens with two attached hydrogens (primary N) is 1. The lowest BCUT2D eigenvalue weighted by Gasteiger charge is -2.12. The highest BCUT2D eigenvalue weighted by Crippen LogP contribution is 2.26. The summed E-state index contributed by atoms with van der Waals surface area (Å²) >= 11 is 0. The van der Waals surface area contributed by atoms with Crippen LogP contribution in [0, 0.1) is 0 Å². The summed E-state index contributed by atoms with van der Waals surface area (Å²) in [5.74, 6) is -0.0137. The number of carbonyl (C=O) groups is 1. The number of rotatable bonds is 5. The number of aromatic nitrogens is 6. The largest absolute Gasteiger partial charge is 0.480 e. The van der Waals surface area contributed by atoms with Crippen molar-refractivity contribution in [2.45, 2.75) is 25.8 Å². The van der Waals surface area contributed by atoms with Crippen molar-refractivity contribution in [3.8, 4) is 11.6 Å². The molecule has 1 atom stereocenters. The predicted octanol–water partition coefficient (Wildman–Crippen LogP) is 1.74. The quantitative estimate of drug-likeness (QED) is 0.560. The smallest absolute Gasteiger partial charge is 0.328 e. The van der Waals surface area contributed by atoms with Gasteiger partial charge in [-0.05, 0) is 18.6 Å². The van der Waals surface area contributed by atoms with Crippen LogP contribution in [0.15, 0.2) is 29.0 Å². The second-order valence-electron chi connectivity index (χ2n) is 5.59. The Balaban J connectivity index is 1.95. The van der Waals surface area contributed by atoms with Gasteiger partial charge in [0.25, 0.3) is 0 Å². The van der Waals surface area contributed by atoms with Crippen molar-refractivity contribution in [3.05, 3.63) is 24.6 Å². The van der Waals surface area contributed by atoms with Crippen LogP contribution in [0.1, 0.15) is 25.8 Å². The lowest BCUT2D eigenvalue weighted by molar-refractivity contribution is -0.141. The lowest BCUT2D eigenvalue weighted by Crippen LogP contribution is -2.20. The molecule has 10 nitrogen and oxygen atoms in total. The van der Waals surface area contributed by atoms with Gasteiger partial charge in [-0.3, -0.25) is 0 Å². The molecule has 0 aliphatic carbocycles. The first kappa shape index (κ1) is 15.1. The van der Waals surface area contributed by atoms with Gasteiger partial charge in [0.05, 0.1) is 17.8 Å². The summed E-state index contributed by atoms with van der Waals surface area (Å²) in [5.41, 5.74) is 6.81. The molecule has 3 N–H and O–H groups in total. The summed E-state index contributed by atoms with van der Waals surface area (Å²) in [5, 5.41) is 18.6. The molecular weight excluding hydrogens is 326 g/mol. The van der Waals surface area contributed by atoms with Gasteiger partial charge in [0.2, 0.25) is 11.8 Å². The number of hydrogen-bond acceptors (Lipinski definition) is 7. The molecule has 4 aromatic heterocycles. The first-order chi connectivity index (χ1) is 12.1. The average Bonchev–Trinajstić information content (AvgIpc) is 3.30. The summed E-state index contributed by atoms with van der Waals surface area (Å²) in [4.78, 5) is 20.3. The van der Waals surface area contributed by atoms with Crippen LogP contribution in [0.25, 0.3) is 28.3 Å².